The van der Waals surface area contributed by atoms with Gasteiger partial charge in [-0.2, -0.15) is 0 Å². The number of allylic oxidation sites excluding steroid dienone is 2. The van der Waals surface area contributed by atoms with Gasteiger partial charge in [0.25, 0.3) is 0 Å². The minimum atomic E-state index is -0.741. The molecule has 0 unspecified atom stereocenters. The average molecular weight is 335 g/mol. The SMILES string of the molecule is C=C(C)c1ccc(NC(=O)OC(C)(C)c2ccc(C(=C)C)cc2)cc1. The molecule has 2 rings (SSSR count). The smallest absolute Gasteiger partial charge is 0.412 e. The van der Waals surface area contributed by atoms with E-state index in [1.54, 1.807) is 0 Å². The molecule has 0 aliphatic rings. The summed E-state index contributed by atoms with van der Waals surface area (Å²) >= 11 is 0. The van der Waals surface area contributed by atoms with E-state index in [-0.39, 0.29) is 0 Å². The van der Waals surface area contributed by atoms with Crippen LogP contribution in [0.1, 0.15) is 44.4 Å². The van der Waals surface area contributed by atoms with Crippen LogP contribution in [0.15, 0.2) is 61.7 Å². The van der Waals surface area contributed by atoms with Gasteiger partial charge in [0, 0.05) is 5.69 Å². The van der Waals surface area contributed by atoms with Crippen LogP contribution in [0.3, 0.4) is 0 Å². The van der Waals surface area contributed by atoms with Gasteiger partial charge >= 0.3 is 6.09 Å². The average Bonchev–Trinajstić information content (AvgIpc) is 2.54. The van der Waals surface area contributed by atoms with Crippen LogP contribution in [0.2, 0.25) is 0 Å². The van der Waals surface area contributed by atoms with Crippen LogP contribution in [0.5, 0.6) is 0 Å². The third kappa shape index (κ3) is 4.83. The number of carbonyl (C=O) groups is 1. The van der Waals surface area contributed by atoms with Crippen LogP contribution in [0.4, 0.5) is 10.5 Å². The summed E-state index contributed by atoms with van der Waals surface area (Å²) in [6.07, 6.45) is -0.489. The fourth-order valence-electron chi connectivity index (χ4n) is 2.43. The van der Waals surface area contributed by atoms with Gasteiger partial charge in [0.05, 0.1) is 0 Å². The summed E-state index contributed by atoms with van der Waals surface area (Å²) < 4.78 is 5.62. The molecule has 3 heteroatoms. The van der Waals surface area contributed by atoms with Gasteiger partial charge in [0.15, 0.2) is 0 Å². The Morgan fingerprint density at radius 3 is 1.76 bits per heavy atom. The summed E-state index contributed by atoms with van der Waals surface area (Å²) in [7, 11) is 0. The van der Waals surface area contributed by atoms with E-state index in [0.717, 1.165) is 27.8 Å². The highest BCUT2D eigenvalue weighted by Gasteiger charge is 2.25. The van der Waals surface area contributed by atoms with Gasteiger partial charge in [0.1, 0.15) is 5.60 Å². The zero-order chi connectivity index (χ0) is 18.6. The zero-order valence-electron chi connectivity index (χ0n) is 15.3. The molecule has 25 heavy (non-hydrogen) atoms. The number of carbonyl (C=O) groups excluding carboxylic acids is 1. The second-order valence-corrected chi connectivity index (χ2v) is 6.74. The Labute approximate surface area is 150 Å². The summed E-state index contributed by atoms with van der Waals surface area (Å²) in [5.74, 6) is 0. The molecule has 0 spiro atoms. The Hall–Kier alpha value is -2.81. The first-order valence-electron chi connectivity index (χ1n) is 8.21. The molecule has 0 saturated heterocycles. The van der Waals surface area contributed by atoms with E-state index in [9.17, 15) is 4.79 Å². The number of rotatable bonds is 5. The van der Waals surface area contributed by atoms with Gasteiger partial charge in [-0.1, -0.05) is 60.7 Å². The van der Waals surface area contributed by atoms with Crippen LogP contribution in [-0.2, 0) is 10.3 Å². The highest BCUT2D eigenvalue weighted by Crippen LogP contribution is 2.27. The van der Waals surface area contributed by atoms with Gasteiger partial charge in [-0.3, -0.25) is 5.32 Å². The van der Waals surface area contributed by atoms with Crippen molar-refractivity contribution in [3.05, 3.63) is 78.4 Å². The number of hydrogen-bond donors (Lipinski definition) is 1. The predicted molar refractivity (Wildman–Crippen MR) is 105 cm³/mol. The largest absolute Gasteiger partial charge is 0.438 e. The molecule has 1 amide bonds. The van der Waals surface area contributed by atoms with E-state index in [1.165, 1.54) is 0 Å². The van der Waals surface area contributed by atoms with Crippen LogP contribution >= 0.6 is 0 Å². The minimum Gasteiger partial charge on any atom is -0.438 e. The summed E-state index contributed by atoms with van der Waals surface area (Å²) in [5.41, 5.74) is 4.96. The van der Waals surface area contributed by atoms with Gasteiger partial charge in [-0.15, -0.1) is 0 Å². The molecule has 1 N–H and O–H groups in total. The molecule has 3 nitrogen and oxygen atoms in total. The summed E-state index contributed by atoms with van der Waals surface area (Å²) in [4.78, 5) is 12.2. The molecule has 0 heterocycles. The molecule has 0 saturated carbocycles. The number of ether oxygens (including phenoxy) is 1. The maximum Gasteiger partial charge on any atom is 0.412 e. The monoisotopic (exact) mass is 335 g/mol. The Balaban J connectivity index is 2.04. The lowest BCUT2D eigenvalue weighted by molar-refractivity contribution is 0.0466. The Kier molecular flexibility index (Phi) is 5.48. The first kappa shape index (κ1) is 18.5. The lowest BCUT2D eigenvalue weighted by Crippen LogP contribution is -2.28. The number of amides is 1. The molecule has 0 fully saturated rings. The van der Waals surface area contributed by atoms with Gasteiger partial charge in [0.2, 0.25) is 0 Å². The molecule has 2 aromatic rings. The molecule has 0 bridgehead atoms. The summed E-state index contributed by atoms with van der Waals surface area (Å²) in [6.45, 7) is 15.5. The van der Waals surface area contributed by atoms with Crippen LogP contribution < -0.4 is 5.32 Å². The lowest BCUT2D eigenvalue weighted by atomic mass is 9.96. The van der Waals surface area contributed by atoms with E-state index in [1.807, 2.05) is 76.2 Å². The Bertz CT molecular complexity index is 784. The van der Waals surface area contributed by atoms with Crippen molar-refractivity contribution in [3.8, 4) is 0 Å². The molecule has 0 atom stereocenters. The topological polar surface area (TPSA) is 38.3 Å². The fourth-order valence-corrected chi connectivity index (χ4v) is 2.43. The molecule has 0 aliphatic carbocycles. The van der Waals surface area contributed by atoms with Crippen molar-refractivity contribution in [1.82, 2.24) is 0 Å². The van der Waals surface area contributed by atoms with Crippen molar-refractivity contribution >= 4 is 22.9 Å². The number of nitrogens with one attached hydrogen (secondary N) is 1. The fraction of sp³-hybridized carbons (Fsp3) is 0.227. The van der Waals surface area contributed by atoms with E-state index in [2.05, 4.69) is 18.5 Å². The molecular weight excluding hydrogens is 310 g/mol. The molecule has 0 aromatic heterocycles. The van der Waals surface area contributed by atoms with Gasteiger partial charge in [-0.05, 0) is 56.5 Å². The van der Waals surface area contributed by atoms with E-state index in [4.69, 9.17) is 4.74 Å². The number of anilines is 1. The van der Waals surface area contributed by atoms with Crippen molar-refractivity contribution in [3.63, 3.8) is 0 Å². The highest BCUT2D eigenvalue weighted by atomic mass is 16.6. The third-order valence-corrected chi connectivity index (χ3v) is 4.04. The first-order valence-corrected chi connectivity index (χ1v) is 8.21. The van der Waals surface area contributed by atoms with Crippen molar-refractivity contribution in [2.45, 2.75) is 33.3 Å². The third-order valence-electron chi connectivity index (χ3n) is 4.04. The molecule has 0 radical (unpaired) electrons. The zero-order valence-corrected chi connectivity index (χ0v) is 15.3. The number of hydrogen-bond acceptors (Lipinski definition) is 2. The quantitative estimate of drug-likeness (QED) is 0.702. The maximum absolute atomic E-state index is 12.2. The Morgan fingerprint density at radius 1 is 0.880 bits per heavy atom. The first-order chi connectivity index (χ1) is 11.7. The summed E-state index contributed by atoms with van der Waals surface area (Å²) in [5, 5.41) is 2.76. The van der Waals surface area contributed by atoms with Gasteiger partial charge in [-0.25, -0.2) is 4.79 Å². The maximum atomic E-state index is 12.2. The summed E-state index contributed by atoms with van der Waals surface area (Å²) in [6, 6.07) is 15.4. The van der Waals surface area contributed by atoms with Crippen molar-refractivity contribution in [2.75, 3.05) is 5.32 Å². The molecule has 0 aliphatic heterocycles. The standard InChI is InChI=1S/C22H25NO2/c1-15(2)17-7-11-19(12-8-17)22(5,6)25-21(24)23-20-13-9-18(10-14-20)16(3)4/h7-14H,1,3H2,2,4-6H3,(H,23,24). The Morgan fingerprint density at radius 2 is 1.32 bits per heavy atom. The van der Waals surface area contributed by atoms with Crippen LogP contribution in [-0.4, -0.2) is 6.09 Å². The van der Waals surface area contributed by atoms with Crippen molar-refractivity contribution in [2.24, 2.45) is 0 Å². The van der Waals surface area contributed by atoms with Crippen molar-refractivity contribution in [1.29, 1.82) is 0 Å². The number of benzene rings is 2. The van der Waals surface area contributed by atoms with Crippen molar-refractivity contribution < 1.29 is 9.53 Å². The lowest BCUT2D eigenvalue weighted by Gasteiger charge is -2.26. The highest BCUT2D eigenvalue weighted by molar-refractivity contribution is 5.85. The minimum absolute atomic E-state index is 0.489. The second-order valence-electron chi connectivity index (χ2n) is 6.74. The second kappa shape index (κ2) is 7.39. The van der Waals surface area contributed by atoms with E-state index < -0.39 is 11.7 Å². The normalized spacial score (nSPS) is 10.9. The van der Waals surface area contributed by atoms with Crippen LogP contribution in [0, 0.1) is 0 Å². The van der Waals surface area contributed by atoms with E-state index in [0.29, 0.717) is 5.69 Å². The van der Waals surface area contributed by atoms with Gasteiger partial charge < -0.3 is 4.74 Å². The predicted octanol–water partition coefficient (Wildman–Crippen LogP) is 6.24. The van der Waals surface area contributed by atoms with E-state index >= 15 is 0 Å². The molecular formula is C22H25NO2. The molecule has 130 valence electrons. The molecule has 2 aromatic carbocycles. The van der Waals surface area contributed by atoms with Crippen LogP contribution in [0.25, 0.3) is 11.1 Å².